The smallest absolute Gasteiger partial charge is 0.251 e. The van der Waals surface area contributed by atoms with Crippen molar-refractivity contribution in [2.75, 3.05) is 11.9 Å². The van der Waals surface area contributed by atoms with Crippen LogP contribution in [0, 0.1) is 23.5 Å². The largest absolute Gasteiger partial charge is 0.368 e. The van der Waals surface area contributed by atoms with Gasteiger partial charge in [-0.1, -0.05) is 19.3 Å². The van der Waals surface area contributed by atoms with Crippen LogP contribution in [-0.2, 0) is 0 Å². The van der Waals surface area contributed by atoms with E-state index >= 15 is 0 Å². The van der Waals surface area contributed by atoms with Crippen molar-refractivity contribution in [2.45, 2.75) is 25.7 Å². The lowest BCUT2D eigenvalue weighted by molar-refractivity contribution is 0.302. The Hall–Kier alpha value is -1.26. The van der Waals surface area contributed by atoms with Crippen LogP contribution < -0.4 is 5.32 Å². The molecule has 16 heavy (non-hydrogen) atoms. The molecule has 1 aliphatic rings. The highest BCUT2D eigenvalue weighted by Crippen LogP contribution is 2.29. The van der Waals surface area contributed by atoms with Crippen LogP contribution in [0.15, 0.2) is 6.07 Å². The maximum Gasteiger partial charge on any atom is 0.251 e. The van der Waals surface area contributed by atoms with Gasteiger partial charge >= 0.3 is 0 Å². The summed E-state index contributed by atoms with van der Waals surface area (Å²) in [5.74, 6) is -2.92. The van der Waals surface area contributed by atoms with E-state index in [0.717, 1.165) is 6.42 Å². The summed E-state index contributed by atoms with van der Waals surface area (Å²) in [7, 11) is 0. The Kier molecular flexibility index (Phi) is 3.31. The molecule has 0 aromatic carbocycles. The van der Waals surface area contributed by atoms with E-state index in [0.29, 0.717) is 18.5 Å². The van der Waals surface area contributed by atoms with Gasteiger partial charge in [0.25, 0.3) is 5.95 Å². The highest BCUT2D eigenvalue weighted by Gasteiger charge is 2.17. The molecular weight excluding hydrogens is 217 g/mol. The zero-order valence-corrected chi connectivity index (χ0v) is 8.77. The molecule has 1 aromatic heterocycles. The first-order valence-electron chi connectivity index (χ1n) is 5.42. The van der Waals surface area contributed by atoms with Crippen LogP contribution >= 0.6 is 0 Å². The second kappa shape index (κ2) is 4.72. The quantitative estimate of drug-likeness (QED) is 0.804. The first-order chi connectivity index (χ1) is 7.66. The number of aromatic nitrogens is 1. The molecule has 1 saturated carbocycles. The second-order valence-corrected chi connectivity index (χ2v) is 4.10. The van der Waals surface area contributed by atoms with Gasteiger partial charge in [-0.25, -0.2) is 8.78 Å². The van der Waals surface area contributed by atoms with E-state index in [-0.39, 0.29) is 5.82 Å². The Morgan fingerprint density at radius 1 is 1.25 bits per heavy atom. The van der Waals surface area contributed by atoms with Gasteiger partial charge in [-0.05, 0) is 12.3 Å². The van der Waals surface area contributed by atoms with Crippen molar-refractivity contribution in [2.24, 2.45) is 5.92 Å². The van der Waals surface area contributed by atoms with Crippen LogP contribution in [0.5, 0.6) is 0 Å². The topological polar surface area (TPSA) is 24.9 Å². The Labute approximate surface area is 91.9 Å². The SMILES string of the molecule is Fc1cc(F)c(NCCC2CCC2)nc1F. The highest BCUT2D eigenvalue weighted by molar-refractivity contribution is 5.35. The molecule has 1 heterocycles. The Balaban J connectivity index is 1.90. The van der Waals surface area contributed by atoms with Gasteiger partial charge in [0.05, 0.1) is 0 Å². The number of hydrogen-bond donors (Lipinski definition) is 1. The van der Waals surface area contributed by atoms with Gasteiger partial charge in [0.2, 0.25) is 0 Å². The van der Waals surface area contributed by atoms with E-state index in [9.17, 15) is 13.2 Å². The van der Waals surface area contributed by atoms with Gasteiger partial charge in [-0.15, -0.1) is 0 Å². The minimum Gasteiger partial charge on any atom is -0.368 e. The van der Waals surface area contributed by atoms with E-state index < -0.39 is 17.6 Å². The summed E-state index contributed by atoms with van der Waals surface area (Å²) in [6.07, 6.45) is 4.58. The number of nitrogens with one attached hydrogen (secondary N) is 1. The van der Waals surface area contributed by atoms with Gasteiger partial charge in [0.1, 0.15) is 0 Å². The summed E-state index contributed by atoms with van der Waals surface area (Å²) in [5.41, 5.74) is 0. The third-order valence-electron chi connectivity index (χ3n) is 2.96. The highest BCUT2D eigenvalue weighted by atomic mass is 19.2. The number of halogens is 3. The Morgan fingerprint density at radius 2 is 2.00 bits per heavy atom. The van der Waals surface area contributed by atoms with Gasteiger partial charge in [0.15, 0.2) is 17.5 Å². The van der Waals surface area contributed by atoms with Crippen LogP contribution in [-0.4, -0.2) is 11.5 Å². The summed E-state index contributed by atoms with van der Waals surface area (Å²) in [4.78, 5) is 3.19. The number of rotatable bonds is 4. The van der Waals surface area contributed by atoms with E-state index in [4.69, 9.17) is 0 Å². The molecule has 2 nitrogen and oxygen atoms in total. The third kappa shape index (κ3) is 2.46. The minimum atomic E-state index is -1.27. The second-order valence-electron chi connectivity index (χ2n) is 4.10. The van der Waals surface area contributed by atoms with E-state index in [2.05, 4.69) is 10.3 Å². The zero-order valence-electron chi connectivity index (χ0n) is 8.77. The third-order valence-corrected chi connectivity index (χ3v) is 2.96. The number of anilines is 1. The van der Waals surface area contributed by atoms with Gasteiger partial charge in [-0.2, -0.15) is 9.37 Å². The predicted octanol–water partition coefficient (Wildman–Crippen LogP) is 3.10. The summed E-state index contributed by atoms with van der Waals surface area (Å²) < 4.78 is 38.4. The molecular formula is C11H13F3N2. The minimum absolute atomic E-state index is 0.210. The lowest BCUT2D eigenvalue weighted by atomic mass is 9.83. The van der Waals surface area contributed by atoms with Crippen molar-refractivity contribution in [1.29, 1.82) is 0 Å². The standard InChI is InChI=1S/C11H13F3N2/c12-8-6-9(13)11(16-10(8)14)15-5-4-7-2-1-3-7/h6-7H,1-5H2,(H,15,16). The number of nitrogens with zero attached hydrogens (tertiary/aromatic N) is 1. The molecule has 1 aromatic rings. The van der Waals surface area contributed by atoms with Crippen molar-refractivity contribution >= 4 is 5.82 Å². The van der Waals surface area contributed by atoms with Gasteiger partial charge in [-0.3, -0.25) is 0 Å². The summed E-state index contributed by atoms with van der Waals surface area (Å²) in [5, 5.41) is 2.69. The molecule has 2 rings (SSSR count). The average Bonchev–Trinajstić information content (AvgIpc) is 2.17. The Bertz CT molecular complexity index is 378. The van der Waals surface area contributed by atoms with Crippen molar-refractivity contribution in [3.05, 3.63) is 23.6 Å². The maximum absolute atomic E-state index is 13.1. The van der Waals surface area contributed by atoms with Gasteiger partial charge in [0, 0.05) is 12.6 Å². The first-order valence-corrected chi connectivity index (χ1v) is 5.42. The average molecular weight is 230 g/mol. The molecule has 1 aliphatic carbocycles. The summed E-state index contributed by atoms with van der Waals surface area (Å²) in [6.45, 7) is 0.541. The molecule has 88 valence electrons. The molecule has 5 heteroatoms. The van der Waals surface area contributed by atoms with Crippen molar-refractivity contribution in [1.82, 2.24) is 4.98 Å². The molecule has 0 spiro atoms. The monoisotopic (exact) mass is 230 g/mol. The van der Waals surface area contributed by atoms with Crippen LogP contribution in [0.25, 0.3) is 0 Å². The molecule has 0 aliphatic heterocycles. The number of hydrogen-bond acceptors (Lipinski definition) is 2. The normalized spacial score (nSPS) is 15.9. The summed E-state index contributed by atoms with van der Waals surface area (Å²) >= 11 is 0. The Morgan fingerprint density at radius 3 is 2.62 bits per heavy atom. The maximum atomic E-state index is 13.1. The fraction of sp³-hybridized carbons (Fsp3) is 0.545. The van der Waals surface area contributed by atoms with E-state index in [1.807, 2.05) is 0 Å². The number of pyridine rings is 1. The first kappa shape index (κ1) is 11.2. The van der Waals surface area contributed by atoms with E-state index in [1.54, 1.807) is 0 Å². The molecule has 0 amide bonds. The van der Waals surface area contributed by atoms with Crippen molar-refractivity contribution in [3.63, 3.8) is 0 Å². The molecule has 0 unspecified atom stereocenters. The van der Waals surface area contributed by atoms with E-state index in [1.165, 1.54) is 19.3 Å². The fourth-order valence-corrected chi connectivity index (χ4v) is 1.74. The zero-order chi connectivity index (χ0) is 11.5. The van der Waals surface area contributed by atoms with Crippen molar-refractivity contribution in [3.8, 4) is 0 Å². The molecule has 1 fully saturated rings. The molecule has 0 saturated heterocycles. The lowest BCUT2D eigenvalue weighted by Gasteiger charge is -2.25. The molecule has 0 atom stereocenters. The van der Waals surface area contributed by atoms with Crippen LogP contribution in [0.1, 0.15) is 25.7 Å². The molecule has 1 N–H and O–H groups in total. The summed E-state index contributed by atoms with van der Waals surface area (Å²) in [6, 6.07) is 0.508. The fourth-order valence-electron chi connectivity index (χ4n) is 1.74. The lowest BCUT2D eigenvalue weighted by Crippen LogP contribution is -2.16. The van der Waals surface area contributed by atoms with Crippen LogP contribution in [0.4, 0.5) is 19.0 Å². The molecule has 0 bridgehead atoms. The molecule has 0 radical (unpaired) electrons. The predicted molar refractivity (Wildman–Crippen MR) is 54.6 cm³/mol. The van der Waals surface area contributed by atoms with Crippen molar-refractivity contribution < 1.29 is 13.2 Å². The van der Waals surface area contributed by atoms with Crippen LogP contribution in [0.3, 0.4) is 0 Å². The van der Waals surface area contributed by atoms with Crippen LogP contribution in [0.2, 0.25) is 0 Å². The van der Waals surface area contributed by atoms with Gasteiger partial charge < -0.3 is 5.32 Å².